The van der Waals surface area contributed by atoms with E-state index in [9.17, 15) is 13.6 Å². The number of furan rings is 1. The quantitative estimate of drug-likeness (QED) is 0.303. The average Bonchev–Trinajstić information content (AvgIpc) is 3.67. The molecule has 6 rings (SSSR count). The van der Waals surface area contributed by atoms with E-state index in [0.717, 1.165) is 11.6 Å². The standard InChI is InChI=1S/C25H25F2N9O3/c26-15-10-16(27)21(39-13-22(28)37)12-18(15)34-6-3-33(4-7-34)5-8-35-14-30-23-19-11-17(20-2-1-9-38-20)32-36(19)25(29)31-24(23)35/h1-2,9-12,14H,3-8,13H2,(H2,28,37)(H2,29,31). The van der Waals surface area contributed by atoms with Gasteiger partial charge in [-0.2, -0.15) is 14.6 Å². The van der Waals surface area contributed by atoms with Gasteiger partial charge in [-0.3, -0.25) is 9.69 Å². The number of ether oxygens (including phenoxy) is 1. The normalized spacial score (nSPS) is 14.5. The zero-order valence-corrected chi connectivity index (χ0v) is 20.8. The van der Waals surface area contributed by atoms with Crippen LogP contribution in [0, 0.1) is 11.6 Å². The molecule has 0 unspecified atom stereocenters. The van der Waals surface area contributed by atoms with Gasteiger partial charge in [0.1, 0.15) is 22.5 Å². The molecule has 0 radical (unpaired) electrons. The van der Waals surface area contributed by atoms with Crippen LogP contribution in [0.1, 0.15) is 0 Å². The molecule has 202 valence electrons. The molecular weight excluding hydrogens is 512 g/mol. The van der Waals surface area contributed by atoms with Gasteiger partial charge < -0.3 is 30.1 Å². The lowest BCUT2D eigenvalue weighted by molar-refractivity contribution is -0.120. The predicted molar refractivity (Wildman–Crippen MR) is 138 cm³/mol. The second kappa shape index (κ2) is 9.87. The van der Waals surface area contributed by atoms with Gasteiger partial charge in [0.15, 0.2) is 29.6 Å². The zero-order valence-electron chi connectivity index (χ0n) is 20.8. The predicted octanol–water partition coefficient (Wildman–Crippen LogP) is 1.89. The number of amides is 1. The van der Waals surface area contributed by atoms with Crippen molar-refractivity contribution in [3.8, 4) is 17.2 Å². The second-order valence-electron chi connectivity index (χ2n) is 9.20. The van der Waals surface area contributed by atoms with Gasteiger partial charge in [0.05, 0.1) is 18.3 Å². The number of fused-ring (bicyclic) bond motifs is 3. The van der Waals surface area contributed by atoms with Gasteiger partial charge in [-0.15, -0.1) is 0 Å². The molecule has 4 aromatic heterocycles. The Bertz CT molecular complexity index is 1660. The molecule has 0 aliphatic carbocycles. The Morgan fingerprint density at radius 1 is 1.10 bits per heavy atom. The molecule has 5 heterocycles. The zero-order chi connectivity index (χ0) is 27.1. The molecular formula is C25H25F2N9O3. The van der Waals surface area contributed by atoms with Crippen molar-refractivity contribution in [2.75, 3.05) is 50.0 Å². The fourth-order valence-corrected chi connectivity index (χ4v) is 4.74. The van der Waals surface area contributed by atoms with Crippen molar-refractivity contribution in [1.29, 1.82) is 0 Å². The van der Waals surface area contributed by atoms with Crippen molar-refractivity contribution in [2.45, 2.75) is 6.54 Å². The van der Waals surface area contributed by atoms with Gasteiger partial charge in [-0.1, -0.05) is 0 Å². The van der Waals surface area contributed by atoms with E-state index in [0.29, 0.717) is 61.9 Å². The highest BCUT2D eigenvalue weighted by Gasteiger charge is 2.23. The second-order valence-corrected chi connectivity index (χ2v) is 9.20. The number of benzene rings is 1. The van der Waals surface area contributed by atoms with Gasteiger partial charge in [-0.05, 0) is 18.2 Å². The van der Waals surface area contributed by atoms with E-state index in [1.807, 2.05) is 21.6 Å². The molecule has 1 aliphatic rings. The van der Waals surface area contributed by atoms with Crippen molar-refractivity contribution in [1.82, 2.24) is 29.0 Å². The van der Waals surface area contributed by atoms with E-state index >= 15 is 0 Å². The monoisotopic (exact) mass is 537 g/mol. The van der Waals surface area contributed by atoms with E-state index in [1.165, 1.54) is 6.07 Å². The van der Waals surface area contributed by atoms with Gasteiger partial charge in [0, 0.05) is 51.4 Å². The minimum atomic E-state index is -0.886. The molecule has 0 bridgehead atoms. The topological polar surface area (TPSA) is 146 Å². The first-order chi connectivity index (χ1) is 18.9. The number of carbonyl (C=O) groups excluding carboxylic acids is 1. The Balaban J connectivity index is 1.13. The molecule has 0 atom stereocenters. The third kappa shape index (κ3) is 4.69. The maximum absolute atomic E-state index is 14.5. The van der Waals surface area contributed by atoms with Crippen LogP contribution in [0.5, 0.6) is 5.75 Å². The third-order valence-electron chi connectivity index (χ3n) is 6.71. The molecule has 1 saturated heterocycles. The molecule has 1 aliphatic heterocycles. The van der Waals surface area contributed by atoms with Gasteiger partial charge in [-0.25, -0.2) is 13.8 Å². The van der Waals surface area contributed by atoms with Crippen molar-refractivity contribution >= 4 is 34.2 Å². The molecule has 4 N–H and O–H groups in total. The summed E-state index contributed by atoms with van der Waals surface area (Å²) >= 11 is 0. The van der Waals surface area contributed by atoms with Crippen LogP contribution in [0.4, 0.5) is 20.4 Å². The number of hydrogen-bond acceptors (Lipinski definition) is 9. The number of carbonyl (C=O) groups is 1. The smallest absolute Gasteiger partial charge is 0.255 e. The van der Waals surface area contributed by atoms with Crippen molar-refractivity contribution in [3.05, 3.63) is 54.6 Å². The molecule has 1 amide bonds. The van der Waals surface area contributed by atoms with Crippen LogP contribution in [0.2, 0.25) is 0 Å². The summed E-state index contributed by atoms with van der Waals surface area (Å²) in [5, 5.41) is 4.50. The Kier molecular flexibility index (Phi) is 6.23. The van der Waals surface area contributed by atoms with Crippen molar-refractivity contribution in [2.24, 2.45) is 5.73 Å². The summed E-state index contributed by atoms with van der Waals surface area (Å²) in [5.41, 5.74) is 14.2. The highest BCUT2D eigenvalue weighted by Crippen LogP contribution is 2.29. The number of hydrogen-bond donors (Lipinski definition) is 2. The number of nitrogens with two attached hydrogens (primary N) is 2. The van der Waals surface area contributed by atoms with E-state index < -0.39 is 24.1 Å². The fourth-order valence-electron chi connectivity index (χ4n) is 4.74. The minimum absolute atomic E-state index is 0.213. The number of halogens is 2. The molecule has 1 fully saturated rings. The lowest BCUT2D eigenvalue weighted by atomic mass is 10.2. The number of anilines is 2. The first-order valence-corrected chi connectivity index (χ1v) is 12.3. The molecule has 5 aromatic rings. The van der Waals surface area contributed by atoms with Crippen LogP contribution < -0.4 is 21.1 Å². The summed E-state index contributed by atoms with van der Waals surface area (Å²) in [7, 11) is 0. The average molecular weight is 538 g/mol. The van der Waals surface area contributed by atoms with Gasteiger partial charge >= 0.3 is 0 Å². The maximum atomic E-state index is 14.5. The lowest BCUT2D eigenvalue weighted by Crippen LogP contribution is -2.47. The highest BCUT2D eigenvalue weighted by molar-refractivity contribution is 5.90. The van der Waals surface area contributed by atoms with Gasteiger partial charge in [0.25, 0.3) is 5.91 Å². The first-order valence-electron chi connectivity index (χ1n) is 12.3. The molecule has 1 aromatic carbocycles. The molecule has 39 heavy (non-hydrogen) atoms. The lowest BCUT2D eigenvalue weighted by Gasteiger charge is -2.36. The Morgan fingerprint density at radius 2 is 1.92 bits per heavy atom. The number of rotatable bonds is 8. The summed E-state index contributed by atoms with van der Waals surface area (Å²) in [6, 6.07) is 7.51. The van der Waals surface area contributed by atoms with Crippen LogP contribution in [-0.4, -0.2) is 74.3 Å². The number of primary amides is 1. The summed E-state index contributed by atoms with van der Waals surface area (Å²) in [6.07, 6.45) is 3.31. The van der Waals surface area contributed by atoms with E-state index in [2.05, 4.69) is 20.0 Å². The summed E-state index contributed by atoms with van der Waals surface area (Å²) < 4.78 is 42.6. The van der Waals surface area contributed by atoms with E-state index in [4.69, 9.17) is 20.6 Å². The summed E-state index contributed by atoms with van der Waals surface area (Å²) in [6.45, 7) is 3.22. The Hall–Kier alpha value is -4.72. The number of nitrogen functional groups attached to an aromatic ring is 1. The van der Waals surface area contributed by atoms with Crippen LogP contribution in [-0.2, 0) is 11.3 Å². The number of nitrogens with zero attached hydrogens (tertiary/aromatic N) is 7. The Labute approximate surface area is 220 Å². The Morgan fingerprint density at radius 3 is 2.67 bits per heavy atom. The minimum Gasteiger partial charge on any atom is -0.481 e. The van der Waals surface area contributed by atoms with Crippen molar-refractivity contribution < 1.29 is 22.7 Å². The first kappa shape index (κ1) is 24.6. The van der Waals surface area contributed by atoms with Crippen LogP contribution in [0.25, 0.3) is 28.1 Å². The number of piperazine rings is 1. The van der Waals surface area contributed by atoms with Crippen LogP contribution in [0.3, 0.4) is 0 Å². The summed E-state index contributed by atoms with van der Waals surface area (Å²) in [5.74, 6) is -1.67. The maximum Gasteiger partial charge on any atom is 0.255 e. The largest absolute Gasteiger partial charge is 0.481 e. The van der Waals surface area contributed by atoms with Crippen LogP contribution in [0.15, 0.2) is 47.3 Å². The van der Waals surface area contributed by atoms with Gasteiger partial charge in [0.2, 0.25) is 5.95 Å². The molecule has 12 nitrogen and oxygen atoms in total. The van der Waals surface area contributed by atoms with E-state index in [1.54, 1.807) is 23.2 Å². The molecule has 14 heteroatoms. The summed E-state index contributed by atoms with van der Waals surface area (Å²) in [4.78, 5) is 24.1. The van der Waals surface area contributed by atoms with E-state index in [-0.39, 0.29) is 17.4 Å². The highest BCUT2D eigenvalue weighted by atomic mass is 19.1. The van der Waals surface area contributed by atoms with Crippen LogP contribution >= 0.6 is 0 Å². The van der Waals surface area contributed by atoms with Crippen molar-refractivity contribution in [3.63, 3.8) is 0 Å². The number of imidazole rings is 1. The third-order valence-corrected chi connectivity index (χ3v) is 6.71. The molecule has 0 spiro atoms. The number of aromatic nitrogens is 5. The molecule has 0 saturated carbocycles. The SMILES string of the molecule is NC(=O)COc1cc(N2CCN(CCn3cnc4c3nc(N)n3nc(-c5ccco5)cc43)CC2)c(F)cc1F. The fraction of sp³-hybridized carbons (Fsp3) is 0.280.